The van der Waals surface area contributed by atoms with E-state index >= 15 is 0 Å². The van der Waals surface area contributed by atoms with Crippen molar-refractivity contribution in [3.8, 4) is 11.5 Å². The van der Waals surface area contributed by atoms with E-state index in [1.54, 1.807) is 48.5 Å². The molecule has 4 rings (SSSR count). The van der Waals surface area contributed by atoms with Crippen LogP contribution in [-0.4, -0.2) is 29.3 Å². The van der Waals surface area contributed by atoms with Crippen LogP contribution >= 0.6 is 51.5 Å². The largest absolute Gasteiger partial charge is 0.490 e. The lowest BCUT2D eigenvalue weighted by atomic mass is 10.1. The van der Waals surface area contributed by atoms with Gasteiger partial charge in [-0.25, -0.2) is 0 Å². The monoisotopic (exact) mass is 616 g/mol. The average Bonchev–Trinajstić information content (AvgIpc) is 3.13. The molecule has 0 spiro atoms. The average molecular weight is 618 g/mol. The number of aryl methyl sites for hydroxylation is 1. The maximum absolute atomic E-state index is 13.1. The smallest absolute Gasteiger partial charge is 0.270 e. The summed E-state index contributed by atoms with van der Waals surface area (Å²) in [6, 6.07) is 17.8. The van der Waals surface area contributed by atoms with E-state index in [1.165, 1.54) is 16.7 Å². The number of carbonyl (C=O) groups is 2. The molecule has 1 N–H and O–H groups in total. The normalized spacial score (nSPS) is 14.3. The Labute approximate surface area is 238 Å². The fourth-order valence-electron chi connectivity index (χ4n) is 3.53. The van der Waals surface area contributed by atoms with Crippen LogP contribution in [-0.2, 0) is 9.59 Å². The molecule has 0 unspecified atom stereocenters. The first-order chi connectivity index (χ1) is 17.7. The fourth-order valence-corrected chi connectivity index (χ4v) is 5.43. The molecular formula is C27H22BrClN2O4S2. The van der Waals surface area contributed by atoms with E-state index in [1.807, 2.05) is 32.0 Å². The highest BCUT2D eigenvalue weighted by Gasteiger charge is 2.33. The quantitative estimate of drug-likeness (QED) is 0.212. The standard InChI is InChI=1S/C27H22BrClN2O4S2/c1-3-34-23-13-17(14-24-26(33)31(27(36)37-24)20-8-6-19(29)7-9-20)4-11-22(23)35-15-25(32)30-21-10-5-18(28)12-16(21)2/h4-14H,3,15H2,1-2H3,(H,30,32)/b24-14-. The molecule has 0 atom stereocenters. The number of rotatable bonds is 8. The SMILES string of the molecule is CCOc1cc(/C=C2\SC(=S)N(c3ccc(Cl)cc3)C2=O)ccc1OCC(=O)Nc1ccc(Br)cc1C. The lowest BCUT2D eigenvalue weighted by molar-refractivity contribution is -0.118. The summed E-state index contributed by atoms with van der Waals surface area (Å²) in [6.45, 7) is 3.99. The van der Waals surface area contributed by atoms with Gasteiger partial charge in [0.2, 0.25) is 0 Å². The number of anilines is 2. The predicted molar refractivity (Wildman–Crippen MR) is 158 cm³/mol. The zero-order chi connectivity index (χ0) is 26.5. The van der Waals surface area contributed by atoms with E-state index in [4.69, 9.17) is 33.3 Å². The van der Waals surface area contributed by atoms with Crippen LogP contribution in [0.3, 0.4) is 0 Å². The van der Waals surface area contributed by atoms with Crippen molar-refractivity contribution in [3.05, 3.63) is 86.2 Å². The minimum Gasteiger partial charge on any atom is -0.490 e. The summed E-state index contributed by atoms with van der Waals surface area (Å²) in [5.41, 5.74) is 3.05. The zero-order valence-electron chi connectivity index (χ0n) is 19.9. The van der Waals surface area contributed by atoms with Gasteiger partial charge < -0.3 is 14.8 Å². The fraction of sp³-hybridized carbons (Fsp3) is 0.148. The Morgan fingerprint density at radius 2 is 1.86 bits per heavy atom. The van der Waals surface area contributed by atoms with Crippen molar-refractivity contribution in [2.75, 3.05) is 23.4 Å². The molecule has 1 aliphatic rings. The van der Waals surface area contributed by atoms with Crippen molar-refractivity contribution in [2.24, 2.45) is 0 Å². The van der Waals surface area contributed by atoms with E-state index in [-0.39, 0.29) is 18.4 Å². The number of thiocarbonyl (C=S) groups is 1. The third-order valence-corrected chi connectivity index (χ3v) is 7.31. The van der Waals surface area contributed by atoms with Crippen LogP contribution in [0.1, 0.15) is 18.1 Å². The molecule has 0 aliphatic carbocycles. The topological polar surface area (TPSA) is 67.9 Å². The van der Waals surface area contributed by atoms with Gasteiger partial charge in [-0.3, -0.25) is 14.5 Å². The maximum atomic E-state index is 13.1. The van der Waals surface area contributed by atoms with Gasteiger partial charge in [-0.2, -0.15) is 0 Å². The van der Waals surface area contributed by atoms with Crippen molar-refractivity contribution in [1.82, 2.24) is 0 Å². The van der Waals surface area contributed by atoms with Gasteiger partial charge in [0.15, 0.2) is 22.4 Å². The summed E-state index contributed by atoms with van der Waals surface area (Å²) < 4.78 is 12.9. The Morgan fingerprint density at radius 3 is 2.57 bits per heavy atom. The van der Waals surface area contributed by atoms with Gasteiger partial charge in [0.1, 0.15) is 0 Å². The lowest BCUT2D eigenvalue weighted by Crippen LogP contribution is -2.27. The molecule has 0 radical (unpaired) electrons. The van der Waals surface area contributed by atoms with Crippen LogP contribution in [0.25, 0.3) is 6.08 Å². The van der Waals surface area contributed by atoms with Crippen molar-refractivity contribution < 1.29 is 19.1 Å². The number of amides is 2. The molecular weight excluding hydrogens is 596 g/mol. The van der Waals surface area contributed by atoms with Crippen LogP contribution < -0.4 is 19.7 Å². The summed E-state index contributed by atoms with van der Waals surface area (Å²) in [7, 11) is 0. The van der Waals surface area contributed by atoms with Gasteiger partial charge in [0.25, 0.3) is 11.8 Å². The second kappa shape index (κ2) is 12.1. The Kier molecular flexibility index (Phi) is 8.91. The number of halogens is 2. The summed E-state index contributed by atoms with van der Waals surface area (Å²) in [5.74, 6) is 0.394. The molecule has 0 bridgehead atoms. The van der Waals surface area contributed by atoms with E-state index in [2.05, 4.69) is 21.2 Å². The van der Waals surface area contributed by atoms with Gasteiger partial charge in [0.05, 0.1) is 17.2 Å². The first kappa shape index (κ1) is 27.2. The summed E-state index contributed by atoms with van der Waals surface area (Å²) in [5, 5.41) is 3.43. The zero-order valence-corrected chi connectivity index (χ0v) is 23.9. The first-order valence-electron chi connectivity index (χ1n) is 11.2. The highest BCUT2D eigenvalue weighted by molar-refractivity contribution is 9.10. The number of hydrogen-bond acceptors (Lipinski definition) is 6. The second-order valence-corrected chi connectivity index (χ2v) is 11.0. The van der Waals surface area contributed by atoms with E-state index in [9.17, 15) is 9.59 Å². The lowest BCUT2D eigenvalue weighted by Gasteiger charge is -2.14. The number of nitrogens with one attached hydrogen (secondary N) is 1. The van der Waals surface area contributed by atoms with Gasteiger partial charge in [-0.15, -0.1) is 0 Å². The van der Waals surface area contributed by atoms with Gasteiger partial charge in [-0.05, 0) is 85.6 Å². The number of nitrogens with zero attached hydrogens (tertiary/aromatic N) is 1. The highest BCUT2D eigenvalue weighted by atomic mass is 79.9. The van der Waals surface area contributed by atoms with Crippen molar-refractivity contribution in [3.63, 3.8) is 0 Å². The molecule has 6 nitrogen and oxygen atoms in total. The Balaban J connectivity index is 1.47. The molecule has 1 aliphatic heterocycles. The molecule has 3 aromatic carbocycles. The van der Waals surface area contributed by atoms with Gasteiger partial charge in [0, 0.05) is 15.2 Å². The maximum Gasteiger partial charge on any atom is 0.270 e. The Morgan fingerprint density at radius 1 is 1.11 bits per heavy atom. The van der Waals surface area contributed by atoms with Crippen molar-refractivity contribution >= 4 is 85.1 Å². The van der Waals surface area contributed by atoms with Crippen LogP contribution in [0.5, 0.6) is 11.5 Å². The van der Waals surface area contributed by atoms with Crippen LogP contribution in [0, 0.1) is 6.92 Å². The van der Waals surface area contributed by atoms with Gasteiger partial charge in [-0.1, -0.05) is 57.6 Å². The van der Waals surface area contributed by atoms with Gasteiger partial charge >= 0.3 is 0 Å². The molecule has 37 heavy (non-hydrogen) atoms. The number of thioether (sulfide) groups is 1. The van der Waals surface area contributed by atoms with E-state index < -0.39 is 0 Å². The summed E-state index contributed by atoms with van der Waals surface area (Å²) >= 11 is 16.0. The third-order valence-electron chi connectivity index (χ3n) is 5.27. The molecule has 3 aromatic rings. The minimum absolute atomic E-state index is 0.186. The highest BCUT2D eigenvalue weighted by Crippen LogP contribution is 2.37. The molecule has 1 fully saturated rings. The molecule has 0 aromatic heterocycles. The molecule has 0 saturated carbocycles. The molecule has 2 amide bonds. The van der Waals surface area contributed by atoms with Crippen LogP contribution in [0.4, 0.5) is 11.4 Å². The van der Waals surface area contributed by atoms with E-state index in [0.29, 0.717) is 43.7 Å². The predicted octanol–water partition coefficient (Wildman–Crippen LogP) is 7.23. The Bertz CT molecular complexity index is 1400. The summed E-state index contributed by atoms with van der Waals surface area (Å²) in [6.07, 6.45) is 1.75. The second-order valence-electron chi connectivity index (χ2n) is 7.93. The number of carbonyl (C=O) groups excluding carboxylic acids is 2. The Hall–Kier alpha value is -2.85. The van der Waals surface area contributed by atoms with Crippen LogP contribution in [0.2, 0.25) is 5.02 Å². The minimum atomic E-state index is -0.289. The number of benzene rings is 3. The molecule has 10 heteroatoms. The van der Waals surface area contributed by atoms with Crippen molar-refractivity contribution in [2.45, 2.75) is 13.8 Å². The molecule has 190 valence electrons. The molecule has 1 heterocycles. The first-order valence-corrected chi connectivity index (χ1v) is 13.6. The van der Waals surface area contributed by atoms with Crippen molar-refractivity contribution in [1.29, 1.82) is 0 Å². The van der Waals surface area contributed by atoms with E-state index in [0.717, 1.165) is 15.6 Å². The number of ether oxygens (including phenoxy) is 2. The molecule has 1 saturated heterocycles. The number of hydrogen-bond donors (Lipinski definition) is 1. The summed E-state index contributed by atoms with van der Waals surface area (Å²) in [4.78, 5) is 27.5. The van der Waals surface area contributed by atoms with Crippen LogP contribution in [0.15, 0.2) is 70.0 Å². The third kappa shape index (κ3) is 6.73.